The molecule has 4 nitrogen and oxygen atoms in total. The molecule has 0 bridgehead atoms. The second-order valence-electron chi connectivity index (χ2n) is 6.01. The van der Waals surface area contributed by atoms with Gasteiger partial charge in [-0.2, -0.15) is 5.10 Å². The van der Waals surface area contributed by atoms with Crippen molar-refractivity contribution in [2.24, 2.45) is 5.84 Å². The normalized spacial score (nSPS) is 13.4. The lowest BCUT2D eigenvalue weighted by molar-refractivity contribution is 0.521. The van der Waals surface area contributed by atoms with E-state index in [0.717, 1.165) is 12.2 Å². The van der Waals surface area contributed by atoms with Crippen molar-refractivity contribution in [3.05, 3.63) is 53.3 Å². The number of rotatable bonds is 4. The number of benzene rings is 1. The molecule has 2 rings (SSSR count). The zero-order valence-corrected chi connectivity index (χ0v) is 12.7. The number of nitrogens with one attached hydrogen (secondary N) is 1. The van der Waals surface area contributed by atoms with Gasteiger partial charge in [-0.15, -0.1) is 0 Å². The minimum absolute atomic E-state index is 0.0483. The van der Waals surface area contributed by atoms with Gasteiger partial charge in [0.2, 0.25) is 0 Å². The molecule has 0 aliphatic heterocycles. The topological polar surface area (TPSA) is 55.9 Å². The molecule has 1 atom stereocenters. The van der Waals surface area contributed by atoms with Gasteiger partial charge in [0.1, 0.15) is 0 Å². The van der Waals surface area contributed by atoms with Gasteiger partial charge in [0, 0.05) is 12.7 Å². The molecule has 0 radical (unpaired) electrons. The molecular weight excluding hydrogens is 248 g/mol. The maximum absolute atomic E-state index is 5.84. The number of nitrogens with zero attached hydrogens (tertiary/aromatic N) is 2. The maximum Gasteiger partial charge on any atom is 0.0881 e. The smallest absolute Gasteiger partial charge is 0.0881 e. The first-order chi connectivity index (χ1) is 9.49. The van der Waals surface area contributed by atoms with Crippen LogP contribution in [0.4, 0.5) is 0 Å². The van der Waals surface area contributed by atoms with Crippen LogP contribution in [0.3, 0.4) is 0 Å². The Morgan fingerprint density at radius 3 is 2.55 bits per heavy atom. The lowest BCUT2D eigenvalue weighted by atomic mass is 9.81. The summed E-state index contributed by atoms with van der Waals surface area (Å²) in [5.74, 6) is 5.84. The lowest BCUT2D eigenvalue weighted by Gasteiger charge is -2.27. The Labute approximate surface area is 121 Å². The van der Waals surface area contributed by atoms with E-state index in [1.165, 1.54) is 11.1 Å². The molecule has 2 aromatic rings. The van der Waals surface area contributed by atoms with Gasteiger partial charge >= 0.3 is 0 Å². The van der Waals surface area contributed by atoms with E-state index in [0.29, 0.717) is 0 Å². The van der Waals surface area contributed by atoms with Gasteiger partial charge in [0.05, 0.1) is 11.7 Å². The Morgan fingerprint density at radius 2 is 1.95 bits per heavy atom. The van der Waals surface area contributed by atoms with Gasteiger partial charge in [-0.05, 0) is 29.5 Å². The summed E-state index contributed by atoms with van der Waals surface area (Å²) >= 11 is 0. The predicted octanol–water partition coefficient (Wildman–Crippen LogP) is 2.75. The standard InChI is InChI=1S/C16H24N4/c1-5-20-14(10-11-18-20)15(19-17)12-8-6-7-9-13(12)16(2,3)4/h6-11,15,19H,5,17H2,1-4H3. The molecule has 1 heterocycles. The fourth-order valence-electron chi connectivity index (χ4n) is 2.62. The second-order valence-corrected chi connectivity index (χ2v) is 6.01. The van der Waals surface area contributed by atoms with Crippen LogP contribution in [0.5, 0.6) is 0 Å². The van der Waals surface area contributed by atoms with Crippen molar-refractivity contribution in [3.63, 3.8) is 0 Å². The second kappa shape index (κ2) is 5.77. The Bertz CT molecular complexity index is 566. The van der Waals surface area contributed by atoms with Crippen LogP contribution in [0.1, 0.15) is 50.6 Å². The number of aryl methyl sites for hydroxylation is 1. The summed E-state index contributed by atoms with van der Waals surface area (Å²) in [5, 5.41) is 4.34. The average molecular weight is 272 g/mol. The molecule has 4 heteroatoms. The van der Waals surface area contributed by atoms with E-state index in [1.54, 1.807) is 0 Å². The quantitative estimate of drug-likeness (QED) is 0.664. The fourth-order valence-corrected chi connectivity index (χ4v) is 2.62. The van der Waals surface area contributed by atoms with Crippen LogP contribution in [0.15, 0.2) is 36.5 Å². The van der Waals surface area contributed by atoms with Crippen LogP contribution >= 0.6 is 0 Å². The third kappa shape index (κ3) is 2.76. The van der Waals surface area contributed by atoms with Crippen LogP contribution in [-0.2, 0) is 12.0 Å². The average Bonchev–Trinajstić information content (AvgIpc) is 2.87. The number of hydrazine groups is 1. The van der Waals surface area contributed by atoms with Crippen molar-refractivity contribution in [1.29, 1.82) is 0 Å². The molecule has 1 aromatic carbocycles. The van der Waals surface area contributed by atoms with Crippen molar-refractivity contribution in [2.45, 2.75) is 45.7 Å². The van der Waals surface area contributed by atoms with Gasteiger partial charge in [0.15, 0.2) is 0 Å². The Kier molecular flexibility index (Phi) is 4.26. The summed E-state index contributed by atoms with van der Waals surface area (Å²) in [4.78, 5) is 0. The summed E-state index contributed by atoms with van der Waals surface area (Å²) in [6, 6.07) is 10.4. The van der Waals surface area contributed by atoms with E-state index in [2.05, 4.69) is 62.5 Å². The van der Waals surface area contributed by atoms with Crippen molar-refractivity contribution in [2.75, 3.05) is 0 Å². The summed E-state index contributed by atoms with van der Waals surface area (Å²) in [6.45, 7) is 9.57. The van der Waals surface area contributed by atoms with Crippen molar-refractivity contribution in [1.82, 2.24) is 15.2 Å². The summed E-state index contributed by atoms with van der Waals surface area (Å²) in [7, 11) is 0. The Balaban J connectivity index is 2.53. The molecule has 0 fully saturated rings. The number of hydrogen-bond donors (Lipinski definition) is 2. The minimum Gasteiger partial charge on any atom is -0.271 e. The zero-order chi connectivity index (χ0) is 14.8. The van der Waals surface area contributed by atoms with Gasteiger partial charge in [-0.3, -0.25) is 10.5 Å². The number of hydrogen-bond acceptors (Lipinski definition) is 3. The fraction of sp³-hybridized carbons (Fsp3) is 0.438. The molecule has 108 valence electrons. The number of nitrogens with two attached hydrogens (primary N) is 1. The van der Waals surface area contributed by atoms with E-state index in [1.807, 2.05) is 16.9 Å². The van der Waals surface area contributed by atoms with Crippen molar-refractivity contribution >= 4 is 0 Å². The largest absolute Gasteiger partial charge is 0.271 e. The first-order valence-electron chi connectivity index (χ1n) is 7.06. The summed E-state index contributed by atoms with van der Waals surface area (Å²) in [5.41, 5.74) is 6.61. The predicted molar refractivity (Wildman–Crippen MR) is 82.2 cm³/mol. The van der Waals surface area contributed by atoms with Gasteiger partial charge < -0.3 is 0 Å². The van der Waals surface area contributed by atoms with E-state index in [-0.39, 0.29) is 11.5 Å². The van der Waals surface area contributed by atoms with Crippen LogP contribution in [0.2, 0.25) is 0 Å². The minimum atomic E-state index is -0.0483. The molecule has 0 amide bonds. The third-order valence-electron chi connectivity index (χ3n) is 3.59. The highest BCUT2D eigenvalue weighted by Crippen LogP contribution is 2.32. The van der Waals surface area contributed by atoms with Crippen molar-refractivity contribution in [3.8, 4) is 0 Å². The first kappa shape index (κ1) is 14.8. The molecule has 3 N–H and O–H groups in total. The van der Waals surface area contributed by atoms with Gasteiger partial charge in [0.25, 0.3) is 0 Å². The lowest BCUT2D eigenvalue weighted by Crippen LogP contribution is -2.32. The van der Waals surface area contributed by atoms with Crippen molar-refractivity contribution < 1.29 is 0 Å². The van der Waals surface area contributed by atoms with Gasteiger partial charge in [-0.1, -0.05) is 45.0 Å². The Hall–Kier alpha value is -1.65. The molecule has 0 aliphatic carbocycles. The Morgan fingerprint density at radius 1 is 1.25 bits per heavy atom. The summed E-state index contributed by atoms with van der Waals surface area (Å²) in [6.07, 6.45) is 1.82. The SMILES string of the molecule is CCn1nccc1C(NN)c1ccccc1C(C)(C)C. The maximum atomic E-state index is 5.84. The highest BCUT2D eigenvalue weighted by atomic mass is 15.3. The molecule has 0 saturated carbocycles. The highest BCUT2D eigenvalue weighted by Gasteiger charge is 2.24. The molecule has 0 saturated heterocycles. The van der Waals surface area contributed by atoms with Crippen LogP contribution in [0.25, 0.3) is 0 Å². The molecule has 0 aliphatic rings. The van der Waals surface area contributed by atoms with Crippen LogP contribution < -0.4 is 11.3 Å². The molecular formula is C16H24N4. The monoisotopic (exact) mass is 272 g/mol. The van der Waals surface area contributed by atoms with E-state index < -0.39 is 0 Å². The first-order valence-corrected chi connectivity index (χ1v) is 7.06. The van der Waals surface area contributed by atoms with Gasteiger partial charge in [-0.25, -0.2) is 5.43 Å². The molecule has 1 unspecified atom stereocenters. The van der Waals surface area contributed by atoms with Crippen LogP contribution in [-0.4, -0.2) is 9.78 Å². The van der Waals surface area contributed by atoms with Crippen LogP contribution in [0, 0.1) is 0 Å². The van der Waals surface area contributed by atoms with E-state index in [4.69, 9.17) is 5.84 Å². The third-order valence-corrected chi connectivity index (χ3v) is 3.59. The molecule has 0 spiro atoms. The highest BCUT2D eigenvalue weighted by molar-refractivity contribution is 5.39. The zero-order valence-electron chi connectivity index (χ0n) is 12.7. The van der Waals surface area contributed by atoms with E-state index in [9.17, 15) is 0 Å². The molecule has 1 aromatic heterocycles. The number of aromatic nitrogens is 2. The summed E-state index contributed by atoms with van der Waals surface area (Å²) < 4.78 is 1.98. The van der Waals surface area contributed by atoms with E-state index >= 15 is 0 Å². The molecule has 20 heavy (non-hydrogen) atoms.